The molecular formula is C63H104O5. The number of unbranched alkanes of at least 4 members (excludes halogenated alkanes) is 20. The van der Waals surface area contributed by atoms with Gasteiger partial charge in [0.1, 0.15) is 6.61 Å². The van der Waals surface area contributed by atoms with Crippen molar-refractivity contribution in [2.45, 2.75) is 245 Å². The second-order valence-electron chi connectivity index (χ2n) is 18.1. The van der Waals surface area contributed by atoms with Crippen LogP contribution in [-0.4, -0.2) is 37.9 Å². The van der Waals surface area contributed by atoms with Gasteiger partial charge in [0.2, 0.25) is 0 Å². The van der Waals surface area contributed by atoms with E-state index in [9.17, 15) is 9.59 Å². The second kappa shape index (κ2) is 57.6. The van der Waals surface area contributed by atoms with Crippen molar-refractivity contribution in [2.75, 3.05) is 19.8 Å². The lowest BCUT2D eigenvalue weighted by Gasteiger charge is -2.18. The molecule has 0 amide bonds. The van der Waals surface area contributed by atoms with Crippen LogP contribution in [0.2, 0.25) is 0 Å². The van der Waals surface area contributed by atoms with E-state index in [1.807, 2.05) is 12.2 Å². The van der Waals surface area contributed by atoms with Crippen LogP contribution in [0.25, 0.3) is 0 Å². The smallest absolute Gasteiger partial charge is 0.310 e. The van der Waals surface area contributed by atoms with Gasteiger partial charge in [-0.25, -0.2) is 0 Å². The molecule has 0 radical (unpaired) electrons. The van der Waals surface area contributed by atoms with Crippen LogP contribution in [0.1, 0.15) is 239 Å². The average Bonchev–Trinajstić information content (AvgIpc) is 3.34. The maximum Gasteiger partial charge on any atom is 0.310 e. The van der Waals surface area contributed by atoms with Gasteiger partial charge in [0.25, 0.3) is 0 Å². The molecule has 0 spiro atoms. The fraction of sp³-hybridized carbons (Fsp3) is 0.651. The number of hydrogen-bond donors (Lipinski definition) is 0. The largest absolute Gasteiger partial charge is 0.462 e. The molecule has 0 heterocycles. The maximum absolute atomic E-state index is 12.8. The summed E-state index contributed by atoms with van der Waals surface area (Å²) in [6.45, 7) is 7.46. The molecule has 68 heavy (non-hydrogen) atoms. The van der Waals surface area contributed by atoms with Crippen molar-refractivity contribution in [2.24, 2.45) is 0 Å². The Kier molecular flexibility index (Phi) is 54.5. The molecule has 0 aliphatic rings. The van der Waals surface area contributed by atoms with Gasteiger partial charge in [-0.15, -0.1) is 0 Å². The van der Waals surface area contributed by atoms with Gasteiger partial charge in [-0.3, -0.25) is 9.59 Å². The lowest BCUT2D eigenvalue weighted by molar-refractivity contribution is -0.162. The molecule has 0 saturated carbocycles. The number of allylic oxidation sites excluding steroid dienone is 19. The van der Waals surface area contributed by atoms with Gasteiger partial charge in [-0.1, -0.05) is 239 Å². The van der Waals surface area contributed by atoms with Crippen LogP contribution in [0.15, 0.2) is 122 Å². The van der Waals surface area contributed by atoms with Gasteiger partial charge < -0.3 is 14.2 Å². The normalized spacial score (nSPS) is 13.2. The highest BCUT2D eigenvalue weighted by molar-refractivity contribution is 5.71. The number of ether oxygens (including phenoxy) is 3. The molecule has 5 nitrogen and oxygen atoms in total. The quantitative estimate of drug-likeness (QED) is 0.0345. The van der Waals surface area contributed by atoms with Gasteiger partial charge in [-0.05, 0) is 109 Å². The highest BCUT2D eigenvalue weighted by Gasteiger charge is 2.17. The summed E-state index contributed by atoms with van der Waals surface area (Å²) in [6.07, 6.45) is 81.0. The summed E-state index contributed by atoms with van der Waals surface area (Å²) in [5.41, 5.74) is 0. The molecule has 386 valence electrons. The summed E-state index contributed by atoms with van der Waals surface area (Å²) in [6, 6.07) is 0. The van der Waals surface area contributed by atoms with Crippen LogP contribution in [0.3, 0.4) is 0 Å². The van der Waals surface area contributed by atoms with Gasteiger partial charge in [0, 0.05) is 13.0 Å². The first kappa shape index (κ1) is 64.3. The molecule has 0 saturated heterocycles. The summed E-state index contributed by atoms with van der Waals surface area (Å²) in [5, 5.41) is 0. The van der Waals surface area contributed by atoms with Crippen molar-refractivity contribution in [3.8, 4) is 0 Å². The first-order chi connectivity index (χ1) is 33.6. The van der Waals surface area contributed by atoms with E-state index in [1.165, 1.54) is 109 Å². The van der Waals surface area contributed by atoms with Crippen molar-refractivity contribution in [3.05, 3.63) is 122 Å². The fourth-order valence-electron chi connectivity index (χ4n) is 7.39. The van der Waals surface area contributed by atoms with Crippen LogP contribution in [0.5, 0.6) is 0 Å². The van der Waals surface area contributed by atoms with Gasteiger partial charge in [-0.2, -0.15) is 0 Å². The predicted molar refractivity (Wildman–Crippen MR) is 297 cm³/mol. The SMILES string of the molecule is CC/C=C\C/C=C\C/C=C\C/C=C\C/C=C\CC(=O)OC(COCCCCCCCCCCCC/C=C\C/C=C\CCCCC)COC(=O)CCCCCCCCC/C=C\C/C=C\C/C=C\CC. The highest BCUT2D eigenvalue weighted by Crippen LogP contribution is 2.14. The molecule has 0 rings (SSSR count). The molecule has 1 atom stereocenters. The third-order valence-electron chi connectivity index (χ3n) is 11.5. The van der Waals surface area contributed by atoms with Gasteiger partial charge in [0.05, 0.1) is 13.0 Å². The van der Waals surface area contributed by atoms with E-state index in [0.717, 1.165) is 96.3 Å². The van der Waals surface area contributed by atoms with E-state index in [4.69, 9.17) is 14.2 Å². The molecule has 0 aromatic heterocycles. The fourth-order valence-corrected chi connectivity index (χ4v) is 7.39. The van der Waals surface area contributed by atoms with Crippen LogP contribution in [0, 0.1) is 0 Å². The summed E-state index contributed by atoms with van der Waals surface area (Å²) >= 11 is 0. The van der Waals surface area contributed by atoms with E-state index >= 15 is 0 Å². The number of carbonyl (C=O) groups is 2. The first-order valence-corrected chi connectivity index (χ1v) is 28.1. The number of rotatable bonds is 50. The molecule has 0 fully saturated rings. The lowest BCUT2D eigenvalue weighted by Crippen LogP contribution is -2.29. The van der Waals surface area contributed by atoms with Gasteiger partial charge >= 0.3 is 11.9 Å². The second-order valence-corrected chi connectivity index (χ2v) is 18.1. The van der Waals surface area contributed by atoms with E-state index in [1.54, 1.807) is 0 Å². The molecule has 0 aliphatic carbocycles. The third kappa shape index (κ3) is 54.9. The molecule has 0 aromatic carbocycles. The van der Waals surface area contributed by atoms with Crippen LogP contribution < -0.4 is 0 Å². The average molecular weight is 942 g/mol. The molecular weight excluding hydrogens is 837 g/mol. The van der Waals surface area contributed by atoms with E-state index in [-0.39, 0.29) is 31.6 Å². The van der Waals surface area contributed by atoms with E-state index in [2.05, 4.69) is 130 Å². The molecule has 0 bridgehead atoms. The minimum absolute atomic E-state index is 0.0326. The molecule has 5 heteroatoms. The summed E-state index contributed by atoms with van der Waals surface area (Å²) < 4.78 is 17.3. The van der Waals surface area contributed by atoms with E-state index < -0.39 is 6.10 Å². The van der Waals surface area contributed by atoms with Crippen LogP contribution in [-0.2, 0) is 23.8 Å². The van der Waals surface area contributed by atoms with Crippen LogP contribution >= 0.6 is 0 Å². The van der Waals surface area contributed by atoms with E-state index in [0.29, 0.717) is 13.0 Å². The molecule has 0 aliphatic heterocycles. The minimum atomic E-state index is -0.605. The monoisotopic (exact) mass is 941 g/mol. The van der Waals surface area contributed by atoms with Crippen LogP contribution in [0.4, 0.5) is 0 Å². The number of carbonyl (C=O) groups excluding carboxylic acids is 2. The standard InChI is InChI=1S/C63H104O5/c1-4-7-10-13-16-19-22-25-28-30-31-32-34-37-40-43-46-49-52-55-58-66-59-61(68-63(65)57-54-51-48-45-42-39-35-27-24-21-18-15-12-9-6-3)60-67-62(64)56-53-50-47-44-41-38-36-33-29-26-23-20-17-14-11-8-5-2/h8-9,11-12,16-21,25-29,35,42,45,51,54,61H,4-7,10,13-15,22-24,30-34,36-41,43-44,46-50,52-53,55-60H2,1-3H3/b11-8-,12-9-,19-16-,20-17-,21-18-,28-25-,29-26-,35-27-,45-42-,54-51-. The van der Waals surface area contributed by atoms with Crippen molar-refractivity contribution >= 4 is 11.9 Å². The van der Waals surface area contributed by atoms with Crippen molar-refractivity contribution in [1.29, 1.82) is 0 Å². The lowest BCUT2D eigenvalue weighted by atomic mass is 10.1. The Morgan fingerprint density at radius 3 is 1.13 bits per heavy atom. The summed E-state index contributed by atoms with van der Waals surface area (Å²) in [7, 11) is 0. The highest BCUT2D eigenvalue weighted by atomic mass is 16.6. The predicted octanol–water partition coefficient (Wildman–Crippen LogP) is 19.3. The summed E-state index contributed by atoms with van der Waals surface area (Å²) in [4.78, 5) is 25.4. The Morgan fingerprint density at radius 1 is 0.353 bits per heavy atom. The molecule has 1 unspecified atom stereocenters. The zero-order valence-corrected chi connectivity index (χ0v) is 44.3. The minimum Gasteiger partial charge on any atom is -0.462 e. The Bertz CT molecular complexity index is 1390. The summed E-state index contributed by atoms with van der Waals surface area (Å²) in [5.74, 6) is -0.560. The molecule has 0 aromatic rings. The number of hydrogen-bond acceptors (Lipinski definition) is 5. The number of esters is 2. The zero-order chi connectivity index (χ0) is 49.2. The Labute approximate surface area is 420 Å². The Morgan fingerprint density at radius 2 is 0.706 bits per heavy atom. The van der Waals surface area contributed by atoms with Gasteiger partial charge in [0.15, 0.2) is 6.10 Å². The Hall–Kier alpha value is -3.70. The first-order valence-electron chi connectivity index (χ1n) is 28.1. The zero-order valence-electron chi connectivity index (χ0n) is 44.3. The van der Waals surface area contributed by atoms with Crippen molar-refractivity contribution < 1.29 is 23.8 Å². The van der Waals surface area contributed by atoms with Crippen molar-refractivity contribution in [3.63, 3.8) is 0 Å². The molecule has 0 N–H and O–H groups in total. The topological polar surface area (TPSA) is 61.8 Å². The third-order valence-corrected chi connectivity index (χ3v) is 11.5. The Balaban J connectivity index is 4.39. The van der Waals surface area contributed by atoms with Crippen molar-refractivity contribution in [1.82, 2.24) is 0 Å². The maximum atomic E-state index is 12.8.